The van der Waals surface area contributed by atoms with Crippen molar-refractivity contribution in [1.29, 1.82) is 0 Å². The molecule has 0 aromatic rings. The number of piperidine rings is 1. The molecule has 2 aliphatic heterocycles. The van der Waals surface area contributed by atoms with Crippen molar-refractivity contribution in [3.8, 4) is 0 Å². The number of piperazine rings is 1. The van der Waals surface area contributed by atoms with E-state index in [9.17, 15) is 22.4 Å². The summed E-state index contributed by atoms with van der Waals surface area (Å²) in [5.74, 6) is -3.10. The molecule has 2 fully saturated rings. The number of nitrogens with one attached hydrogen (secondary N) is 1. The average molecular weight is 353 g/mol. The fourth-order valence-corrected chi connectivity index (χ4v) is 3.51. The number of nitrogens with zero attached hydrogens (tertiary/aromatic N) is 2. The summed E-state index contributed by atoms with van der Waals surface area (Å²) in [6.45, 7) is 4.21. The minimum atomic E-state index is -3.99. The number of amides is 1. The van der Waals surface area contributed by atoms with E-state index in [2.05, 4.69) is 12.2 Å². The van der Waals surface area contributed by atoms with Gasteiger partial charge in [0.25, 0.3) is 0 Å². The van der Waals surface area contributed by atoms with Crippen molar-refractivity contribution in [2.45, 2.75) is 38.5 Å². The van der Waals surface area contributed by atoms with Crippen molar-refractivity contribution >= 4 is 5.91 Å². The first-order valence-corrected chi connectivity index (χ1v) is 8.66. The molecule has 2 heterocycles. The summed E-state index contributed by atoms with van der Waals surface area (Å²) in [7, 11) is 0. The van der Waals surface area contributed by atoms with Crippen LogP contribution in [0.4, 0.5) is 17.6 Å². The van der Waals surface area contributed by atoms with Gasteiger partial charge in [0.15, 0.2) is 0 Å². The predicted molar refractivity (Wildman–Crippen MR) is 83.3 cm³/mol. The maximum atomic E-state index is 13.1. The Morgan fingerprint density at radius 3 is 2.29 bits per heavy atom. The first kappa shape index (κ1) is 19.4. The molecular formula is C16H27F4N3O. The predicted octanol–water partition coefficient (Wildman–Crippen LogP) is 2.06. The van der Waals surface area contributed by atoms with Gasteiger partial charge in [-0.1, -0.05) is 6.92 Å². The molecule has 1 amide bonds. The van der Waals surface area contributed by atoms with E-state index in [1.54, 1.807) is 4.90 Å². The Balaban J connectivity index is 1.74. The second-order valence-electron chi connectivity index (χ2n) is 6.99. The number of carbonyl (C=O) groups excluding carboxylic acids is 1. The minimum Gasteiger partial charge on any atom is -0.340 e. The van der Waals surface area contributed by atoms with E-state index in [0.29, 0.717) is 31.3 Å². The smallest absolute Gasteiger partial charge is 0.319 e. The topological polar surface area (TPSA) is 35.6 Å². The van der Waals surface area contributed by atoms with Crippen LogP contribution < -0.4 is 5.32 Å². The molecule has 0 saturated carbocycles. The molecule has 0 aliphatic carbocycles. The Bertz CT molecular complexity index is 408. The van der Waals surface area contributed by atoms with Crippen molar-refractivity contribution in [3.05, 3.63) is 0 Å². The van der Waals surface area contributed by atoms with Crippen LogP contribution in [0.1, 0.15) is 26.2 Å². The van der Waals surface area contributed by atoms with Gasteiger partial charge in [-0.2, -0.15) is 8.78 Å². The molecule has 140 valence electrons. The van der Waals surface area contributed by atoms with Gasteiger partial charge in [-0.15, -0.1) is 0 Å². The number of rotatable bonds is 6. The summed E-state index contributed by atoms with van der Waals surface area (Å²) in [6, 6.07) is 0. The average Bonchev–Trinajstić information content (AvgIpc) is 2.55. The van der Waals surface area contributed by atoms with Crippen LogP contribution in [0.5, 0.6) is 0 Å². The molecule has 4 nitrogen and oxygen atoms in total. The number of hydrogen-bond donors (Lipinski definition) is 1. The van der Waals surface area contributed by atoms with Gasteiger partial charge in [-0.3, -0.25) is 9.69 Å². The highest BCUT2D eigenvalue weighted by molar-refractivity contribution is 5.76. The molecule has 1 unspecified atom stereocenters. The lowest BCUT2D eigenvalue weighted by molar-refractivity contribution is -0.148. The number of halogens is 4. The summed E-state index contributed by atoms with van der Waals surface area (Å²) in [4.78, 5) is 15.4. The van der Waals surface area contributed by atoms with E-state index in [-0.39, 0.29) is 19.0 Å². The molecule has 1 N–H and O–H groups in total. The first-order chi connectivity index (χ1) is 11.3. The van der Waals surface area contributed by atoms with Gasteiger partial charge in [0, 0.05) is 32.6 Å². The fourth-order valence-electron chi connectivity index (χ4n) is 3.51. The van der Waals surface area contributed by atoms with Crippen LogP contribution in [0.2, 0.25) is 0 Å². The maximum Gasteiger partial charge on any atom is 0.319 e. The van der Waals surface area contributed by atoms with Crippen LogP contribution in [-0.4, -0.2) is 73.9 Å². The van der Waals surface area contributed by atoms with Crippen LogP contribution in [-0.2, 0) is 4.79 Å². The van der Waals surface area contributed by atoms with Crippen LogP contribution in [0.15, 0.2) is 0 Å². The second-order valence-corrected chi connectivity index (χ2v) is 6.99. The lowest BCUT2D eigenvalue weighted by Gasteiger charge is -2.37. The summed E-state index contributed by atoms with van der Waals surface area (Å²) in [6.07, 6.45) is -1.03. The Labute approximate surface area is 140 Å². The Morgan fingerprint density at radius 2 is 1.75 bits per heavy atom. The standard InChI is InChI=1S/C16H27F4N3O/c1-12(13-2-4-21-5-3-13)10-14(24)23-8-6-22(7-9-23)11-16(19,20)15(17)18/h12-13,15,21H,2-11H2,1H3. The quantitative estimate of drug-likeness (QED) is 0.743. The van der Waals surface area contributed by atoms with Crippen LogP contribution >= 0.6 is 0 Å². The first-order valence-electron chi connectivity index (χ1n) is 8.66. The van der Waals surface area contributed by atoms with Gasteiger partial charge in [0.05, 0.1) is 6.54 Å². The summed E-state index contributed by atoms with van der Waals surface area (Å²) in [5.41, 5.74) is 0. The molecule has 0 spiro atoms. The molecule has 1 atom stereocenters. The third-order valence-corrected chi connectivity index (χ3v) is 5.16. The molecule has 24 heavy (non-hydrogen) atoms. The van der Waals surface area contributed by atoms with Crippen LogP contribution in [0.25, 0.3) is 0 Å². The van der Waals surface area contributed by atoms with Gasteiger partial charge in [0.2, 0.25) is 5.91 Å². The summed E-state index contributed by atoms with van der Waals surface area (Å²) >= 11 is 0. The Morgan fingerprint density at radius 1 is 1.17 bits per heavy atom. The van der Waals surface area contributed by atoms with E-state index >= 15 is 0 Å². The molecule has 2 aliphatic rings. The van der Waals surface area contributed by atoms with Crippen molar-refractivity contribution in [1.82, 2.24) is 15.1 Å². The number of hydrogen-bond acceptors (Lipinski definition) is 3. The SMILES string of the molecule is CC(CC(=O)N1CCN(CC(F)(F)C(F)F)CC1)C1CCNCC1. The van der Waals surface area contributed by atoms with Crippen molar-refractivity contribution in [3.63, 3.8) is 0 Å². The van der Waals surface area contributed by atoms with Gasteiger partial charge in [-0.05, 0) is 37.8 Å². The molecule has 2 saturated heterocycles. The molecule has 0 radical (unpaired) electrons. The number of carbonyl (C=O) groups is 1. The normalized spacial score (nSPS) is 22.8. The van der Waals surface area contributed by atoms with Crippen molar-refractivity contribution in [2.24, 2.45) is 11.8 Å². The second kappa shape index (κ2) is 8.47. The van der Waals surface area contributed by atoms with Gasteiger partial charge in [-0.25, -0.2) is 8.78 Å². The van der Waals surface area contributed by atoms with Crippen molar-refractivity contribution < 1.29 is 22.4 Å². The van der Waals surface area contributed by atoms with Crippen LogP contribution in [0, 0.1) is 11.8 Å². The highest BCUT2D eigenvalue weighted by atomic mass is 19.3. The summed E-state index contributed by atoms with van der Waals surface area (Å²) in [5, 5.41) is 3.30. The zero-order chi connectivity index (χ0) is 17.7. The van der Waals surface area contributed by atoms with E-state index in [0.717, 1.165) is 25.9 Å². The third-order valence-electron chi connectivity index (χ3n) is 5.16. The third kappa shape index (κ3) is 5.31. The number of alkyl halides is 4. The zero-order valence-corrected chi connectivity index (χ0v) is 14.1. The minimum absolute atomic E-state index is 0.0429. The molecule has 0 aromatic heterocycles. The molecule has 0 aromatic carbocycles. The lowest BCUT2D eigenvalue weighted by atomic mass is 9.84. The van der Waals surface area contributed by atoms with Gasteiger partial charge < -0.3 is 10.2 Å². The van der Waals surface area contributed by atoms with E-state index in [1.165, 1.54) is 4.90 Å². The lowest BCUT2D eigenvalue weighted by Crippen LogP contribution is -2.53. The fraction of sp³-hybridized carbons (Fsp3) is 0.938. The van der Waals surface area contributed by atoms with Crippen molar-refractivity contribution in [2.75, 3.05) is 45.8 Å². The van der Waals surface area contributed by atoms with Gasteiger partial charge >= 0.3 is 12.3 Å². The maximum absolute atomic E-state index is 13.1. The molecule has 8 heteroatoms. The molecular weight excluding hydrogens is 326 g/mol. The molecule has 2 rings (SSSR count). The Kier molecular flexibility index (Phi) is 6.86. The summed E-state index contributed by atoms with van der Waals surface area (Å²) < 4.78 is 50.7. The van der Waals surface area contributed by atoms with E-state index < -0.39 is 18.9 Å². The van der Waals surface area contributed by atoms with Crippen LogP contribution in [0.3, 0.4) is 0 Å². The largest absolute Gasteiger partial charge is 0.340 e. The monoisotopic (exact) mass is 353 g/mol. The van der Waals surface area contributed by atoms with E-state index in [4.69, 9.17) is 0 Å². The highest BCUT2D eigenvalue weighted by Gasteiger charge is 2.42. The zero-order valence-electron chi connectivity index (χ0n) is 14.1. The van der Waals surface area contributed by atoms with Gasteiger partial charge in [0.1, 0.15) is 0 Å². The molecule has 0 bridgehead atoms. The highest BCUT2D eigenvalue weighted by Crippen LogP contribution is 2.26. The van der Waals surface area contributed by atoms with E-state index in [1.807, 2.05) is 0 Å². The Hall–Kier alpha value is -0.890.